The number of alkyl halides is 2. The van der Waals surface area contributed by atoms with Crippen LogP contribution < -0.4 is 5.73 Å². The molecule has 0 radical (unpaired) electrons. The van der Waals surface area contributed by atoms with Gasteiger partial charge in [0.1, 0.15) is 23.9 Å². The Morgan fingerprint density at radius 1 is 1.10 bits per heavy atom. The van der Waals surface area contributed by atoms with E-state index >= 15 is 8.78 Å². The van der Waals surface area contributed by atoms with Crippen LogP contribution >= 0.6 is 0 Å². The first-order valence-corrected chi connectivity index (χ1v) is 10.4. The van der Waals surface area contributed by atoms with Crippen molar-refractivity contribution in [3.63, 3.8) is 0 Å². The van der Waals surface area contributed by atoms with Gasteiger partial charge in [-0.15, -0.1) is 0 Å². The quantitative estimate of drug-likeness (QED) is 0.705. The number of rotatable bonds is 3. The first-order valence-electron chi connectivity index (χ1n) is 8.93. The Bertz CT molecular complexity index is 1130. The van der Waals surface area contributed by atoms with Crippen molar-refractivity contribution < 1.29 is 30.9 Å². The van der Waals surface area contributed by atoms with E-state index in [-0.39, 0.29) is 28.5 Å². The number of halogens is 3. The molecule has 0 aromatic heterocycles. The highest BCUT2D eigenvalue weighted by Crippen LogP contribution is 2.51. The van der Waals surface area contributed by atoms with Crippen LogP contribution in [0, 0.1) is 5.82 Å². The molecule has 0 aliphatic carbocycles. The molecule has 3 N–H and O–H groups in total. The molecule has 10 heteroatoms. The van der Waals surface area contributed by atoms with E-state index in [0.29, 0.717) is 0 Å². The predicted octanol–water partition coefficient (Wildman–Crippen LogP) is 3.76. The molecule has 2 aromatic rings. The molecule has 0 saturated carbocycles. The van der Waals surface area contributed by atoms with Crippen LogP contribution in [0.4, 0.5) is 13.2 Å². The van der Waals surface area contributed by atoms with Gasteiger partial charge in [-0.05, 0) is 56.2 Å². The largest absolute Gasteiger partial charge is 0.385 e. The van der Waals surface area contributed by atoms with Crippen molar-refractivity contribution in [2.45, 2.75) is 42.7 Å². The monoisotopic (exact) mass is 442 g/mol. The second-order valence-corrected chi connectivity index (χ2v) is 9.17. The topological polar surface area (TPSA) is 102 Å². The summed E-state index contributed by atoms with van der Waals surface area (Å²) in [6.07, 6.45) is 0. The summed E-state index contributed by atoms with van der Waals surface area (Å²) in [5.41, 5.74) is 1.45. The number of amidine groups is 1. The summed E-state index contributed by atoms with van der Waals surface area (Å²) >= 11 is 0. The smallest absolute Gasteiger partial charge is 0.304 e. The minimum Gasteiger partial charge on any atom is -0.385 e. The molecule has 1 aliphatic rings. The maximum Gasteiger partial charge on any atom is 0.304 e. The number of hydrogen-bond donors (Lipinski definition) is 2. The van der Waals surface area contributed by atoms with Gasteiger partial charge < -0.3 is 10.5 Å². The lowest BCUT2D eigenvalue weighted by Crippen LogP contribution is -2.56. The average Bonchev–Trinajstić information content (AvgIpc) is 2.71. The summed E-state index contributed by atoms with van der Waals surface area (Å²) in [7, 11) is -4.48. The fourth-order valence-electron chi connectivity index (χ4n) is 3.46. The number of nitrogens with two attached hydrogens (primary N) is 1. The normalized spacial score (nSPS) is 23.5. The van der Waals surface area contributed by atoms with Crippen molar-refractivity contribution in [3.05, 3.63) is 53.8 Å². The van der Waals surface area contributed by atoms with Gasteiger partial charge in [-0.2, -0.15) is 8.42 Å². The minimum atomic E-state index is -4.48. The van der Waals surface area contributed by atoms with E-state index in [0.717, 1.165) is 19.1 Å². The van der Waals surface area contributed by atoms with Gasteiger partial charge in [0.05, 0.1) is 4.90 Å². The minimum absolute atomic E-state index is 0.207. The number of hydrogen-bond acceptors (Lipinski definition) is 5. The highest BCUT2D eigenvalue weighted by molar-refractivity contribution is 7.85. The first-order chi connectivity index (χ1) is 13.7. The van der Waals surface area contributed by atoms with Crippen LogP contribution in [-0.4, -0.2) is 36.9 Å². The van der Waals surface area contributed by atoms with Gasteiger partial charge in [0.2, 0.25) is 0 Å². The Morgan fingerprint density at radius 3 is 2.37 bits per heavy atom. The average molecular weight is 442 g/mol. The van der Waals surface area contributed by atoms with Crippen LogP contribution in [-0.2, 0) is 20.4 Å². The van der Waals surface area contributed by atoms with Crippen molar-refractivity contribution in [1.82, 2.24) is 0 Å². The molecule has 2 aromatic carbocycles. The van der Waals surface area contributed by atoms with E-state index in [9.17, 15) is 17.4 Å². The zero-order chi connectivity index (χ0) is 22.5. The lowest BCUT2D eigenvalue weighted by molar-refractivity contribution is -0.214. The fraction of sp³-hybridized carbons (Fsp3) is 0.350. The Morgan fingerprint density at radius 2 is 1.73 bits per heavy atom. The molecule has 6 nitrogen and oxygen atoms in total. The highest BCUT2D eigenvalue weighted by atomic mass is 32.2. The van der Waals surface area contributed by atoms with Crippen molar-refractivity contribution >= 4 is 16.0 Å². The molecule has 30 heavy (non-hydrogen) atoms. The summed E-state index contributed by atoms with van der Waals surface area (Å²) in [6.45, 7) is 3.09. The summed E-state index contributed by atoms with van der Waals surface area (Å²) in [5, 5.41) is 0. The molecule has 0 saturated heterocycles. The van der Waals surface area contributed by atoms with Crippen molar-refractivity contribution in [2.24, 2.45) is 10.7 Å². The Balaban J connectivity index is 2.24. The third kappa shape index (κ3) is 3.59. The van der Waals surface area contributed by atoms with E-state index in [1.54, 1.807) is 0 Å². The van der Waals surface area contributed by atoms with Gasteiger partial charge in [-0.1, -0.05) is 18.2 Å². The van der Waals surface area contributed by atoms with Gasteiger partial charge in [-0.25, -0.2) is 13.2 Å². The molecule has 0 bridgehead atoms. The van der Waals surface area contributed by atoms with E-state index in [2.05, 4.69) is 4.99 Å². The van der Waals surface area contributed by atoms with Crippen LogP contribution in [0.2, 0.25) is 0 Å². The lowest BCUT2D eigenvalue weighted by atomic mass is 9.77. The van der Waals surface area contributed by atoms with E-state index in [1.807, 2.05) is 0 Å². The maximum absolute atomic E-state index is 15.5. The van der Waals surface area contributed by atoms with Crippen LogP contribution in [0.15, 0.2) is 52.4 Å². The number of aliphatic imine (C=N–C) groups is 1. The van der Waals surface area contributed by atoms with Crippen LogP contribution in [0.5, 0.6) is 0 Å². The lowest BCUT2D eigenvalue weighted by Gasteiger charge is -2.42. The fourth-order valence-corrected chi connectivity index (χ4v) is 3.99. The zero-order valence-corrected chi connectivity index (χ0v) is 17.3. The van der Waals surface area contributed by atoms with Crippen LogP contribution in [0.25, 0.3) is 11.1 Å². The third-order valence-electron chi connectivity index (χ3n) is 5.27. The van der Waals surface area contributed by atoms with Gasteiger partial charge >= 0.3 is 5.92 Å². The molecule has 3 rings (SSSR count). The molecule has 1 unspecified atom stereocenters. The summed E-state index contributed by atoms with van der Waals surface area (Å²) in [4.78, 5) is 3.54. The Hall–Kier alpha value is -2.43. The molecular formula is C20H21F3N2O4S. The van der Waals surface area contributed by atoms with E-state index in [1.165, 1.54) is 44.2 Å². The molecule has 1 aliphatic heterocycles. The highest BCUT2D eigenvalue weighted by Gasteiger charge is 2.63. The van der Waals surface area contributed by atoms with Crippen molar-refractivity contribution in [3.8, 4) is 11.1 Å². The summed E-state index contributed by atoms with van der Waals surface area (Å²) < 4.78 is 83.2. The summed E-state index contributed by atoms with van der Waals surface area (Å²) in [6, 6.07) is 8.69. The van der Waals surface area contributed by atoms with Crippen LogP contribution in [0.3, 0.4) is 0 Å². The van der Waals surface area contributed by atoms with Gasteiger partial charge in [-0.3, -0.25) is 9.55 Å². The van der Waals surface area contributed by atoms with Crippen LogP contribution in [0.1, 0.15) is 26.3 Å². The van der Waals surface area contributed by atoms with E-state index in [4.69, 9.17) is 10.5 Å². The third-order valence-corrected chi connectivity index (χ3v) is 6.12. The molecular weight excluding hydrogens is 421 g/mol. The van der Waals surface area contributed by atoms with Gasteiger partial charge in [0, 0.05) is 5.56 Å². The zero-order valence-electron chi connectivity index (χ0n) is 16.5. The van der Waals surface area contributed by atoms with Crippen molar-refractivity contribution in [1.29, 1.82) is 0 Å². The predicted molar refractivity (Wildman–Crippen MR) is 106 cm³/mol. The molecule has 162 valence electrons. The Kier molecular flexibility index (Phi) is 5.25. The first kappa shape index (κ1) is 22.3. The second kappa shape index (κ2) is 7.07. The molecule has 1 heterocycles. The standard InChI is InChI=1S/C20H21F3N2O4S/c1-18(2)20(22,23)19(3,25-17(24)11-29-18)15-10-13(7-8-16(15)21)12-5-4-6-14(9-12)30(26,27)28/h4-10H,11H2,1-3H3,(H2,24,25)(H,26,27,28). The van der Waals surface area contributed by atoms with Gasteiger partial charge in [0.15, 0.2) is 5.54 Å². The van der Waals surface area contributed by atoms with E-state index < -0.39 is 38.6 Å². The Labute approximate surface area is 172 Å². The number of nitrogens with zero attached hydrogens (tertiary/aromatic N) is 1. The SMILES string of the molecule is CC1(C)OCC(N)=NC(C)(c2cc(-c3cccc(S(=O)(=O)O)c3)ccc2F)C1(F)F. The van der Waals surface area contributed by atoms with Gasteiger partial charge in [0.25, 0.3) is 10.1 Å². The number of benzene rings is 2. The number of ether oxygens (including phenoxy) is 1. The summed E-state index contributed by atoms with van der Waals surface area (Å²) in [5.74, 6) is -4.79. The maximum atomic E-state index is 15.5. The molecule has 1 atom stereocenters. The van der Waals surface area contributed by atoms with Crippen molar-refractivity contribution in [2.75, 3.05) is 6.61 Å². The molecule has 0 amide bonds. The second-order valence-electron chi connectivity index (χ2n) is 7.75. The molecule has 0 spiro atoms. The molecule has 0 fully saturated rings.